The Morgan fingerprint density at radius 2 is 1.93 bits per heavy atom. The highest BCUT2D eigenvalue weighted by Gasteiger charge is 2.18. The number of hydrogen-bond acceptors (Lipinski definition) is 3. The van der Waals surface area contributed by atoms with Gasteiger partial charge in [0.05, 0.1) is 13.0 Å². The van der Waals surface area contributed by atoms with Crippen LogP contribution in [0.1, 0.15) is 32.1 Å². The molecule has 4 nitrogen and oxygen atoms in total. The molecule has 84 valence electrons. The summed E-state index contributed by atoms with van der Waals surface area (Å²) in [7, 11) is 0. The molecular formula is C11H16O4. The Hall–Kier alpha value is -1.32. The highest BCUT2D eigenvalue weighted by Crippen LogP contribution is 2.24. The maximum atomic E-state index is 11.3. The molecule has 1 rings (SSSR count). The monoisotopic (exact) mass is 212 g/mol. The van der Waals surface area contributed by atoms with Gasteiger partial charge in [0.15, 0.2) is 0 Å². The van der Waals surface area contributed by atoms with Crippen LogP contribution < -0.4 is 0 Å². The predicted molar refractivity (Wildman–Crippen MR) is 54.3 cm³/mol. The summed E-state index contributed by atoms with van der Waals surface area (Å²) in [6.45, 7) is 3.78. The van der Waals surface area contributed by atoms with Crippen LogP contribution in [-0.4, -0.2) is 23.7 Å². The van der Waals surface area contributed by atoms with Crippen LogP contribution in [-0.2, 0) is 14.3 Å². The molecule has 0 aliphatic heterocycles. The van der Waals surface area contributed by atoms with Gasteiger partial charge in [-0.25, -0.2) is 4.79 Å². The van der Waals surface area contributed by atoms with Gasteiger partial charge in [-0.3, -0.25) is 4.79 Å². The van der Waals surface area contributed by atoms with Crippen molar-refractivity contribution in [1.29, 1.82) is 0 Å². The van der Waals surface area contributed by atoms with Crippen LogP contribution >= 0.6 is 0 Å². The lowest BCUT2D eigenvalue weighted by Crippen LogP contribution is -2.15. The number of carboxylic acids is 1. The number of carboxylic acid groups (broad SMARTS) is 1. The van der Waals surface area contributed by atoms with Crippen molar-refractivity contribution >= 4 is 11.9 Å². The number of carbonyl (C=O) groups excluding carboxylic acids is 1. The van der Waals surface area contributed by atoms with Gasteiger partial charge in [-0.05, 0) is 18.8 Å². The summed E-state index contributed by atoms with van der Waals surface area (Å²) in [5.74, 6) is -1.19. The lowest BCUT2D eigenvalue weighted by molar-refractivity contribution is -0.143. The number of rotatable bonds is 5. The summed E-state index contributed by atoms with van der Waals surface area (Å²) >= 11 is 0. The zero-order valence-electron chi connectivity index (χ0n) is 8.70. The van der Waals surface area contributed by atoms with E-state index < -0.39 is 11.9 Å². The van der Waals surface area contributed by atoms with Crippen LogP contribution in [0.25, 0.3) is 0 Å². The van der Waals surface area contributed by atoms with E-state index in [1.54, 1.807) is 0 Å². The minimum Gasteiger partial charge on any atom is -0.481 e. The Kier molecular flexibility index (Phi) is 4.34. The van der Waals surface area contributed by atoms with Gasteiger partial charge in [-0.15, -0.1) is 0 Å². The average molecular weight is 212 g/mol. The van der Waals surface area contributed by atoms with E-state index in [4.69, 9.17) is 9.84 Å². The van der Waals surface area contributed by atoms with Crippen LogP contribution in [0.5, 0.6) is 0 Å². The molecule has 0 aromatic carbocycles. The highest BCUT2D eigenvalue weighted by molar-refractivity contribution is 5.92. The summed E-state index contributed by atoms with van der Waals surface area (Å²) < 4.78 is 4.99. The second kappa shape index (κ2) is 5.53. The molecule has 0 amide bonds. The first-order valence-electron chi connectivity index (χ1n) is 5.16. The number of aliphatic carboxylic acids is 1. The number of esters is 1. The molecule has 0 aromatic heterocycles. The van der Waals surface area contributed by atoms with E-state index in [2.05, 4.69) is 6.58 Å². The van der Waals surface area contributed by atoms with Crippen LogP contribution in [0.4, 0.5) is 0 Å². The molecule has 0 aromatic rings. The van der Waals surface area contributed by atoms with Crippen molar-refractivity contribution in [3.05, 3.63) is 12.2 Å². The van der Waals surface area contributed by atoms with Crippen molar-refractivity contribution < 1.29 is 19.4 Å². The van der Waals surface area contributed by atoms with Crippen LogP contribution in [0, 0.1) is 5.92 Å². The average Bonchev–Trinajstić information content (AvgIpc) is 2.65. The zero-order chi connectivity index (χ0) is 11.3. The van der Waals surface area contributed by atoms with Crippen molar-refractivity contribution in [1.82, 2.24) is 0 Å². The van der Waals surface area contributed by atoms with Crippen molar-refractivity contribution in [2.75, 3.05) is 6.61 Å². The maximum Gasteiger partial charge on any atom is 0.333 e. The quantitative estimate of drug-likeness (QED) is 0.557. The normalized spacial score (nSPS) is 16.3. The molecule has 0 unspecified atom stereocenters. The smallest absolute Gasteiger partial charge is 0.333 e. The van der Waals surface area contributed by atoms with E-state index in [0.717, 1.165) is 12.8 Å². The molecule has 0 radical (unpaired) electrons. The summed E-state index contributed by atoms with van der Waals surface area (Å²) in [4.78, 5) is 21.6. The fraction of sp³-hybridized carbons (Fsp3) is 0.636. The minimum atomic E-state index is -1.06. The molecule has 0 heterocycles. The molecule has 0 spiro atoms. The topological polar surface area (TPSA) is 63.6 Å². The van der Waals surface area contributed by atoms with Crippen molar-refractivity contribution in [2.45, 2.75) is 32.1 Å². The second-order valence-corrected chi connectivity index (χ2v) is 3.92. The van der Waals surface area contributed by atoms with Crippen LogP contribution in [0.3, 0.4) is 0 Å². The minimum absolute atomic E-state index is 0.0143. The van der Waals surface area contributed by atoms with Gasteiger partial charge in [0, 0.05) is 5.57 Å². The van der Waals surface area contributed by atoms with E-state index in [1.807, 2.05) is 0 Å². The number of carbonyl (C=O) groups is 2. The summed E-state index contributed by atoms with van der Waals surface area (Å²) in [5.41, 5.74) is 0.0143. The fourth-order valence-electron chi connectivity index (χ4n) is 1.73. The van der Waals surface area contributed by atoms with Gasteiger partial charge in [0.25, 0.3) is 0 Å². The summed E-state index contributed by atoms with van der Waals surface area (Å²) in [6, 6.07) is 0. The SMILES string of the molecule is C=C(CC(=O)O)C(=O)OCC1CCCC1. The van der Waals surface area contributed by atoms with Gasteiger partial charge in [-0.2, -0.15) is 0 Å². The van der Waals surface area contributed by atoms with E-state index >= 15 is 0 Å². The third-order valence-corrected chi connectivity index (χ3v) is 2.58. The molecule has 0 bridgehead atoms. The number of hydrogen-bond donors (Lipinski definition) is 1. The third kappa shape index (κ3) is 4.14. The highest BCUT2D eigenvalue weighted by atomic mass is 16.5. The van der Waals surface area contributed by atoms with Gasteiger partial charge in [-0.1, -0.05) is 19.4 Å². The van der Waals surface area contributed by atoms with E-state index in [1.165, 1.54) is 12.8 Å². The van der Waals surface area contributed by atoms with Crippen molar-refractivity contribution in [3.63, 3.8) is 0 Å². The van der Waals surface area contributed by atoms with E-state index in [0.29, 0.717) is 12.5 Å². The lowest BCUT2D eigenvalue weighted by Gasteiger charge is -2.10. The summed E-state index contributed by atoms with van der Waals surface area (Å²) in [6.07, 6.45) is 4.23. The fourth-order valence-corrected chi connectivity index (χ4v) is 1.73. The van der Waals surface area contributed by atoms with Gasteiger partial charge < -0.3 is 9.84 Å². The van der Waals surface area contributed by atoms with E-state index in [9.17, 15) is 9.59 Å². The molecule has 1 aliphatic carbocycles. The molecule has 0 atom stereocenters. The Balaban J connectivity index is 2.22. The third-order valence-electron chi connectivity index (χ3n) is 2.58. The molecule has 15 heavy (non-hydrogen) atoms. The Labute approximate surface area is 88.9 Å². The van der Waals surface area contributed by atoms with Crippen molar-refractivity contribution in [3.8, 4) is 0 Å². The first kappa shape index (κ1) is 11.8. The van der Waals surface area contributed by atoms with Crippen LogP contribution in [0.2, 0.25) is 0 Å². The lowest BCUT2D eigenvalue weighted by atomic mass is 10.1. The van der Waals surface area contributed by atoms with Gasteiger partial charge in [0.2, 0.25) is 0 Å². The summed E-state index contributed by atoms with van der Waals surface area (Å²) in [5, 5.41) is 8.44. The zero-order valence-corrected chi connectivity index (χ0v) is 8.70. The van der Waals surface area contributed by atoms with Gasteiger partial charge >= 0.3 is 11.9 Å². The Bertz CT molecular complexity index is 264. The first-order chi connectivity index (χ1) is 7.09. The molecule has 1 N–H and O–H groups in total. The standard InChI is InChI=1S/C11H16O4/c1-8(6-10(12)13)11(14)15-7-9-4-2-3-5-9/h9H,1-7H2,(H,12,13). The molecule has 1 fully saturated rings. The Morgan fingerprint density at radius 1 is 1.33 bits per heavy atom. The predicted octanol–water partition coefficient (Wildman–Crippen LogP) is 1.75. The van der Waals surface area contributed by atoms with E-state index in [-0.39, 0.29) is 12.0 Å². The Morgan fingerprint density at radius 3 is 2.47 bits per heavy atom. The molecule has 0 saturated heterocycles. The molecule has 1 saturated carbocycles. The largest absolute Gasteiger partial charge is 0.481 e. The second-order valence-electron chi connectivity index (χ2n) is 3.92. The molecular weight excluding hydrogens is 196 g/mol. The maximum absolute atomic E-state index is 11.3. The van der Waals surface area contributed by atoms with Gasteiger partial charge in [0.1, 0.15) is 0 Å². The van der Waals surface area contributed by atoms with Crippen LogP contribution in [0.15, 0.2) is 12.2 Å². The first-order valence-corrected chi connectivity index (χ1v) is 5.16. The molecule has 4 heteroatoms. The molecule has 1 aliphatic rings. The number of ether oxygens (including phenoxy) is 1. The van der Waals surface area contributed by atoms with Crippen molar-refractivity contribution in [2.24, 2.45) is 5.92 Å².